The zero-order valence-electron chi connectivity index (χ0n) is 7.22. The van der Waals surface area contributed by atoms with Gasteiger partial charge in [-0.2, -0.15) is 0 Å². The molecule has 13 heavy (non-hydrogen) atoms. The Kier molecular flexibility index (Phi) is 3.41. The number of rotatable bonds is 2. The largest absolute Gasteiger partial charge is 0.394 e. The predicted molar refractivity (Wildman–Crippen MR) is 52.9 cm³/mol. The van der Waals surface area contributed by atoms with Gasteiger partial charge in [0.25, 0.3) is 0 Å². The molecule has 0 aromatic heterocycles. The minimum Gasteiger partial charge on any atom is -0.394 e. The Balaban J connectivity index is 3.20. The Morgan fingerprint density at radius 2 is 2.23 bits per heavy atom. The van der Waals surface area contributed by atoms with E-state index in [4.69, 9.17) is 10.8 Å². The van der Waals surface area contributed by atoms with Gasteiger partial charge in [0.2, 0.25) is 0 Å². The number of nitrogens with two attached hydrogens (primary N) is 1. The second-order valence-electron chi connectivity index (χ2n) is 2.91. The lowest BCUT2D eigenvalue weighted by Gasteiger charge is -2.11. The number of aryl methyl sites for hydroxylation is 1. The highest BCUT2D eigenvalue weighted by molar-refractivity contribution is 9.10. The molecule has 1 rings (SSSR count). The van der Waals surface area contributed by atoms with Crippen molar-refractivity contribution in [2.75, 3.05) is 6.61 Å². The standard InChI is InChI=1S/C9H11BrFNO/c1-5-2-6(10)3-7(9(5)11)8(12)4-13/h2-3,8,13H,4,12H2,1H3/t8-/m1/s1. The van der Waals surface area contributed by atoms with Gasteiger partial charge in [0.05, 0.1) is 12.6 Å². The summed E-state index contributed by atoms with van der Waals surface area (Å²) in [5.41, 5.74) is 6.39. The summed E-state index contributed by atoms with van der Waals surface area (Å²) in [5, 5.41) is 8.79. The first-order valence-corrected chi connectivity index (χ1v) is 4.67. The quantitative estimate of drug-likeness (QED) is 0.839. The molecule has 0 unspecified atom stereocenters. The van der Waals surface area contributed by atoms with Crippen LogP contribution in [-0.4, -0.2) is 11.7 Å². The van der Waals surface area contributed by atoms with E-state index in [0.29, 0.717) is 11.1 Å². The molecule has 1 atom stereocenters. The van der Waals surface area contributed by atoms with Gasteiger partial charge in [-0.3, -0.25) is 0 Å². The highest BCUT2D eigenvalue weighted by atomic mass is 79.9. The van der Waals surface area contributed by atoms with E-state index >= 15 is 0 Å². The molecular weight excluding hydrogens is 237 g/mol. The molecule has 0 radical (unpaired) electrons. The molecule has 0 aliphatic rings. The molecule has 0 heterocycles. The van der Waals surface area contributed by atoms with Gasteiger partial charge in [0, 0.05) is 10.0 Å². The molecular formula is C9H11BrFNO. The molecule has 0 saturated heterocycles. The fraction of sp³-hybridized carbons (Fsp3) is 0.333. The van der Waals surface area contributed by atoms with Crippen molar-refractivity contribution in [3.05, 3.63) is 33.5 Å². The third-order valence-corrected chi connectivity index (χ3v) is 2.30. The SMILES string of the molecule is Cc1cc(Br)cc([C@H](N)CO)c1F. The Labute approximate surface area is 84.7 Å². The van der Waals surface area contributed by atoms with Gasteiger partial charge in [0.15, 0.2) is 0 Å². The number of hydrogen-bond donors (Lipinski definition) is 2. The van der Waals surface area contributed by atoms with Crippen molar-refractivity contribution in [3.63, 3.8) is 0 Å². The molecule has 0 fully saturated rings. The maximum atomic E-state index is 13.4. The molecule has 3 N–H and O–H groups in total. The van der Waals surface area contributed by atoms with Crippen LogP contribution >= 0.6 is 15.9 Å². The first kappa shape index (κ1) is 10.6. The van der Waals surface area contributed by atoms with Gasteiger partial charge in [-0.1, -0.05) is 15.9 Å². The summed E-state index contributed by atoms with van der Waals surface area (Å²) in [6.45, 7) is 1.40. The van der Waals surface area contributed by atoms with Crippen LogP contribution in [-0.2, 0) is 0 Å². The van der Waals surface area contributed by atoms with Crippen LogP contribution in [0.15, 0.2) is 16.6 Å². The van der Waals surface area contributed by atoms with Gasteiger partial charge >= 0.3 is 0 Å². The molecule has 0 amide bonds. The number of aliphatic hydroxyl groups is 1. The van der Waals surface area contributed by atoms with Gasteiger partial charge in [-0.05, 0) is 24.6 Å². The number of aliphatic hydroxyl groups excluding tert-OH is 1. The maximum absolute atomic E-state index is 13.4. The van der Waals surface area contributed by atoms with E-state index in [1.165, 1.54) is 0 Å². The average molecular weight is 248 g/mol. The Morgan fingerprint density at radius 3 is 2.77 bits per heavy atom. The van der Waals surface area contributed by atoms with Crippen molar-refractivity contribution in [2.24, 2.45) is 5.73 Å². The van der Waals surface area contributed by atoms with Crippen molar-refractivity contribution in [2.45, 2.75) is 13.0 Å². The fourth-order valence-corrected chi connectivity index (χ4v) is 1.71. The number of halogens is 2. The van der Waals surface area contributed by atoms with Crippen LogP contribution < -0.4 is 5.73 Å². The van der Waals surface area contributed by atoms with Crippen LogP contribution in [0.3, 0.4) is 0 Å². The molecule has 0 saturated carbocycles. The van der Waals surface area contributed by atoms with Gasteiger partial charge in [-0.25, -0.2) is 4.39 Å². The van der Waals surface area contributed by atoms with Gasteiger partial charge in [-0.15, -0.1) is 0 Å². The topological polar surface area (TPSA) is 46.2 Å². The minimum absolute atomic E-state index is 0.257. The summed E-state index contributed by atoms with van der Waals surface area (Å²) in [7, 11) is 0. The summed E-state index contributed by atoms with van der Waals surface area (Å²) < 4.78 is 14.2. The summed E-state index contributed by atoms with van der Waals surface area (Å²) in [6.07, 6.45) is 0. The minimum atomic E-state index is -0.656. The lowest BCUT2D eigenvalue weighted by molar-refractivity contribution is 0.265. The van der Waals surface area contributed by atoms with E-state index in [9.17, 15) is 4.39 Å². The predicted octanol–water partition coefficient (Wildman–Crippen LogP) is 1.89. The van der Waals surface area contributed by atoms with Crippen molar-refractivity contribution >= 4 is 15.9 Å². The van der Waals surface area contributed by atoms with E-state index in [1.807, 2.05) is 0 Å². The van der Waals surface area contributed by atoms with Crippen LogP contribution in [0.1, 0.15) is 17.2 Å². The summed E-state index contributed by atoms with van der Waals surface area (Å²) in [5.74, 6) is -0.343. The van der Waals surface area contributed by atoms with E-state index in [-0.39, 0.29) is 12.4 Å². The first-order valence-electron chi connectivity index (χ1n) is 3.88. The van der Waals surface area contributed by atoms with Crippen LogP contribution in [0.5, 0.6) is 0 Å². The summed E-state index contributed by atoms with van der Waals surface area (Å²) >= 11 is 3.24. The molecule has 0 spiro atoms. The van der Waals surface area contributed by atoms with Crippen LogP contribution in [0, 0.1) is 12.7 Å². The Hall–Kier alpha value is -0.450. The van der Waals surface area contributed by atoms with E-state index in [1.54, 1.807) is 19.1 Å². The molecule has 0 aliphatic heterocycles. The van der Waals surface area contributed by atoms with Gasteiger partial charge < -0.3 is 10.8 Å². The molecule has 2 nitrogen and oxygen atoms in total. The van der Waals surface area contributed by atoms with Gasteiger partial charge in [0.1, 0.15) is 5.82 Å². The second kappa shape index (κ2) is 4.17. The summed E-state index contributed by atoms with van der Waals surface area (Å²) in [4.78, 5) is 0. The molecule has 72 valence electrons. The highest BCUT2D eigenvalue weighted by Crippen LogP contribution is 2.23. The normalized spacial score (nSPS) is 13.0. The molecule has 1 aromatic carbocycles. The molecule has 4 heteroatoms. The fourth-order valence-electron chi connectivity index (χ4n) is 1.12. The molecule has 1 aromatic rings. The third-order valence-electron chi connectivity index (χ3n) is 1.84. The van der Waals surface area contributed by atoms with Crippen molar-refractivity contribution < 1.29 is 9.50 Å². The van der Waals surface area contributed by atoms with Crippen LogP contribution in [0.4, 0.5) is 4.39 Å². The molecule has 0 aliphatic carbocycles. The first-order chi connectivity index (χ1) is 6.06. The van der Waals surface area contributed by atoms with Crippen molar-refractivity contribution in [1.29, 1.82) is 0 Å². The Morgan fingerprint density at radius 1 is 1.62 bits per heavy atom. The zero-order valence-corrected chi connectivity index (χ0v) is 8.81. The van der Waals surface area contributed by atoms with E-state index in [2.05, 4.69) is 15.9 Å². The zero-order chi connectivity index (χ0) is 10.0. The van der Waals surface area contributed by atoms with Crippen LogP contribution in [0.2, 0.25) is 0 Å². The summed E-state index contributed by atoms with van der Waals surface area (Å²) in [6, 6.07) is 2.60. The van der Waals surface area contributed by atoms with Crippen molar-refractivity contribution in [1.82, 2.24) is 0 Å². The third kappa shape index (κ3) is 2.27. The Bertz CT molecular complexity index is 317. The van der Waals surface area contributed by atoms with Crippen LogP contribution in [0.25, 0.3) is 0 Å². The number of benzene rings is 1. The lowest BCUT2D eigenvalue weighted by Crippen LogP contribution is -2.16. The maximum Gasteiger partial charge on any atom is 0.131 e. The molecule has 0 bridgehead atoms. The number of hydrogen-bond acceptors (Lipinski definition) is 2. The second-order valence-corrected chi connectivity index (χ2v) is 3.83. The van der Waals surface area contributed by atoms with E-state index < -0.39 is 6.04 Å². The average Bonchev–Trinajstić information content (AvgIpc) is 2.10. The van der Waals surface area contributed by atoms with E-state index in [0.717, 1.165) is 4.47 Å². The smallest absolute Gasteiger partial charge is 0.131 e. The monoisotopic (exact) mass is 247 g/mol. The van der Waals surface area contributed by atoms with Crippen molar-refractivity contribution in [3.8, 4) is 0 Å². The lowest BCUT2D eigenvalue weighted by atomic mass is 10.0. The highest BCUT2D eigenvalue weighted by Gasteiger charge is 2.13.